The van der Waals surface area contributed by atoms with Gasteiger partial charge in [-0.3, -0.25) is 0 Å². The van der Waals surface area contributed by atoms with Crippen molar-refractivity contribution in [1.82, 2.24) is 0 Å². The van der Waals surface area contributed by atoms with Crippen molar-refractivity contribution in [3.8, 4) is 0 Å². The lowest BCUT2D eigenvalue weighted by Crippen LogP contribution is -2.09. The topological polar surface area (TPSA) is 0 Å². The zero-order valence-electron chi connectivity index (χ0n) is 18.9. The van der Waals surface area contributed by atoms with E-state index in [0.29, 0.717) is 11.8 Å². The van der Waals surface area contributed by atoms with Gasteiger partial charge >= 0.3 is 0 Å². The molecule has 0 N–H and O–H groups in total. The molecule has 0 heterocycles. The van der Waals surface area contributed by atoms with Crippen molar-refractivity contribution in [1.29, 1.82) is 0 Å². The zero-order valence-corrected chi connectivity index (χ0v) is 18.9. The minimum absolute atomic E-state index is 0.452. The van der Waals surface area contributed by atoms with Gasteiger partial charge < -0.3 is 0 Å². The Morgan fingerprint density at radius 1 is 0.688 bits per heavy atom. The van der Waals surface area contributed by atoms with E-state index < -0.39 is 0 Å². The first kappa shape index (κ1) is 19.6. The molecule has 0 saturated heterocycles. The second-order valence-electron chi connectivity index (χ2n) is 9.74. The highest BCUT2D eigenvalue weighted by Crippen LogP contribution is 2.42. The first-order valence-corrected chi connectivity index (χ1v) is 12.1. The van der Waals surface area contributed by atoms with Gasteiger partial charge in [0.2, 0.25) is 0 Å². The van der Waals surface area contributed by atoms with Gasteiger partial charge in [0, 0.05) is 5.92 Å². The third-order valence-corrected chi connectivity index (χ3v) is 7.70. The maximum Gasteiger partial charge on any atom is 0.00605 e. The first-order chi connectivity index (χ1) is 15.8. The molecule has 0 radical (unpaired) electrons. The number of hydrogen-bond acceptors (Lipinski definition) is 0. The van der Waals surface area contributed by atoms with Crippen molar-refractivity contribution in [2.24, 2.45) is 0 Å². The van der Waals surface area contributed by atoms with E-state index in [2.05, 4.69) is 97.9 Å². The van der Waals surface area contributed by atoms with Gasteiger partial charge in [-0.1, -0.05) is 104 Å². The average molecular weight is 415 g/mol. The number of fused-ring (bicyclic) bond motifs is 1. The number of aryl methyl sites for hydroxylation is 2. The summed E-state index contributed by atoms with van der Waals surface area (Å²) in [4.78, 5) is 0. The summed E-state index contributed by atoms with van der Waals surface area (Å²) in [5.41, 5.74) is 10.4. The van der Waals surface area contributed by atoms with Crippen LogP contribution in [0.4, 0.5) is 0 Å². The second-order valence-corrected chi connectivity index (χ2v) is 9.74. The Kier molecular flexibility index (Phi) is 4.95. The van der Waals surface area contributed by atoms with Crippen molar-refractivity contribution in [3.05, 3.63) is 124 Å². The van der Waals surface area contributed by atoms with Crippen LogP contribution in [-0.2, 0) is 19.3 Å². The largest absolute Gasteiger partial charge is 0.0619 e. The Bertz CT molecular complexity index is 1310. The van der Waals surface area contributed by atoms with Crippen LogP contribution >= 0.6 is 0 Å². The lowest BCUT2D eigenvalue weighted by atomic mass is 9.79. The lowest BCUT2D eigenvalue weighted by Gasteiger charge is -2.25. The maximum absolute atomic E-state index is 2.46. The quantitative estimate of drug-likeness (QED) is 0.294. The van der Waals surface area contributed by atoms with Crippen LogP contribution in [0.2, 0.25) is 0 Å². The summed E-state index contributed by atoms with van der Waals surface area (Å²) >= 11 is 0. The Balaban J connectivity index is 1.46. The molecule has 158 valence electrons. The highest BCUT2D eigenvalue weighted by molar-refractivity contribution is 5.89. The summed E-state index contributed by atoms with van der Waals surface area (Å²) in [7, 11) is 0. The number of benzene rings is 4. The van der Waals surface area contributed by atoms with Gasteiger partial charge in [0.1, 0.15) is 0 Å². The maximum atomic E-state index is 2.46. The monoisotopic (exact) mass is 414 g/mol. The van der Waals surface area contributed by atoms with Gasteiger partial charge in [-0.05, 0) is 82.2 Å². The van der Waals surface area contributed by atoms with Gasteiger partial charge in [0.25, 0.3) is 0 Å². The normalized spacial score (nSPS) is 20.2. The number of hydrogen-bond donors (Lipinski definition) is 0. The Morgan fingerprint density at radius 2 is 1.47 bits per heavy atom. The van der Waals surface area contributed by atoms with Crippen LogP contribution in [0.15, 0.2) is 90.5 Å². The van der Waals surface area contributed by atoms with Crippen LogP contribution in [0.3, 0.4) is 0 Å². The lowest BCUT2D eigenvalue weighted by molar-refractivity contribution is 0.608. The summed E-state index contributed by atoms with van der Waals surface area (Å²) in [6, 6.07) is 32.4. The van der Waals surface area contributed by atoms with Crippen LogP contribution in [0.5, 0.6) is 0 Å². The van der Waals surface area contributed by atoms with E-state index in [0.717, 1.165) is 25.7 Å². The highest BCUT2D eigenvalue weighted by atomic mass is 14.3. The summed E-state index contributed by atoms with van der Waals surface area (Å²) in [6.07, 6.45) is 8.17. The molecule has 5 aliphatic rings. The van der Waals surface area contributed by atoms with Crippen LogP contribution in [0.25, 0.3) is 16.8 Å². The third-order valence-electron chi connectivity index (χ3n) is 7.70. The summed E-state index contributed by atoms with van der Waals surface area (Å²) in [6.45, 7) is 2.43. The molecule has 0 aromatic heterocycles. The van der Waals surface area contributed by atoms with Crippen molar-refractivity contribution in [2.45, 2.75) is 50.9 Å². The highest BCUT2D eigenvalue weighted by Gasteiger charge is 2.25. The number of rotatable bonds is 1. The van der Waals surface area contributed by atoms with Crippen molar-refractivity contribution >= 4 is 16.8 Å². The van der Waals surface area contributed by atoms with Gasteiger partial charge in [0.05, 0.1) is 0 Å². The summed E-state index contributed by atoms with van der Waals surface area (Å²) in [5, 5.41) is 2.90. The van der Waals surface area contributed by atoms with Crippen molar-refractivity contribution in [3.63, 3.8) is 0 Å². The molecule has 0 spiro atoms. The third kappa shape index (κ3) is 3.48. The SMILES string of the molecule is C[C@@H]1C[C@@H](C2=Cc3ccccc3C2)c2ccc(cc2)CCCc2ccc1c1ccccc21. The summed E-state index contributed by atoms with van der Waals surface area (Å²) < 4.78 is 0. The zero-order chi connectivity index (χ0) is 21.5. The fraction of sp³-hybridized carbons (Fsp3) is 0.250. The minimum Gasteiger partial charge on any atom is -0.0619 e. The van der Waals surface area contributed by atoms with Crippen molar-refractivity contribution < 1.29 is 0 Å². The van der Waals surface area contributed by atoms with Gasteiger partial charge in [-0.25, -0.2) is 0 Å². The Hall–Kier alpha value is -3.12. The Morgan fingerprint density at radius 3 is 2.31 bits per heavy atom. The van der Waals surface area contributed by atoms with E-state index in [9.17, 15) is 0 Å². The van der Waals surface area contributed by atoms with Crippen LogP contribution in [-0.4, -0.2) is 0 Å². The predicted molar refractivity (Wildman–Crippen MR) is 136 cm³/mol. The van der Waals surface area contributed by atoms with Crippen molar-refractivity contribution in [2.75, 3.05) is 0 Å². The second kappa shape index (κ2) is 8.10. The van der Waals surface area contributed by atoms with Gasteiger partial charge in [-0.2, -0.15) is 0 Å². The number of allylic oxidation sites excluding steroid dienone is 1. The van der Waals surface area contributed by atoms with E-state index in [-0.39, 0.29) is 0 Å². The molecule has 5 aliphatic carbocycles. The molecule has 0 unspecified atom stereocenters. The van der Waals surface area contributed by atoms with E-state index in [1.54, 1.807) is 5.57 Å². The van der Waals surface area contributed by atoms with E-state index in [1.165, 1.54) is 50.6 Å². The molecule has 4 aromatic rings. The molecule has 0 nitrogen and oxygen atoms in total. The molecule has 0 saturated carbocycles. The fourth-order valence-corrected chi connectivity index (χ4v) is 5.94. The molecule has 0 fully saturated rings. The Labute approximate surface area is 191 Å². The smallest absolute Gasteiger partial charge is 0.00605 e. The molecule has 0 aliphatic heterocycles. The van der Waals surface area contributed by atoms with Crippen LogP contribution in [0, 0.1) is 0 Å². The van der Waals surface area contributed by atoms with Crippen LogP contribution in [0.1, 0.15) is 65.0 Å². The minimum atomic E-state index is 0.452. The molecular weight excluding hydrogens is 384 g/mol. The molecular formula is C32H30. The summed E-state index contributed by atoms with van der Waals surface area (Å²) in [5.74, 6) is 0.944. The molecule has 0 amide bonds. The molecule has 32 heavy (non-hydrogen) atoms. The van der Waals surface area contributed by atoms with Gasteiger partial charge in [-0.15, -0.1) is 0 Å². The standard InChI is InChI=1S/C32H30/c1-22-19-32(28-20-26-8-2-3-9-27(26)21-28)25-15-13-23(14-16-25)7-6-10-24-17-18-29(22)31-12-5-4-11-30(24)31/h2-5,8-9,11-18,20,22,32H,6-7,10,19,21H2,1H3/t22-,32-/m1/s1. The molecule has 0 heteroatoms. The molecule has 9 rings (SSSR count). The average Bonchev–Trinajstić information content (AvgIpc) is 3.27. The van der Waals surface area contributed by atoms with E-state index >= 15 is 0 Å². The molecule has 2 atom stereocenters. The fourth-order valence-electron chi connectivity index (χ4n) is 5.94. The van der Waals surface area contributed by atoms with Gasteiger partial charge in [0.15, 0.2) is 0 Å². The predicted octanol–water partition coefficient (Wildman–Crippen LogP) is 8.25. The van der Waals surface area contributed by atoms with Crippen LogP contribution < -0.4 is 0 Å². The van der Waals surface area contributed by atoms with E-state index in [1.807, 2.05) is 0 Å². The first-order valence-electron chi connectivity index (χ1n) is 12.1. The molecule has 4 bridgehead atoms. The molecule has 4 aromatic carbocycles. The van der Waals surface area contributed by atoms with E-state index in [4.69, 9.17) is 0 Å².